The second-order valence-electron chi connectivity index (χ2n) is 8.58. The van der Waals surface area contributed by atoms with Crippen molar-refractivity contribution in [3.63, 3.8) is 0 Å². The number of nitrogens with zero attached hydrogens (tertiary/aromatic N) is 3. The molecule has 6 nitrogen and oxygen atoms in total. The molecule has 4 rings (SSSR count). The first-order valence-corrected chi connectivity index (χ1v) is 10.8. The zero-order valence-corrected chi connectivity index (χ0v) is 17.6. The molecule has 0 spiro atoms. The van der Waals surface area contributed by atoms with Gasteiger partial charge in [-0.2, -0.15) is 5.26 Å². The molecular weight excluding hydrogens is 376 g/mol. The summed E-state index contributed by atoms with van der Waals surface area (Å²) in [6.45, 7) is 4.49. The number of benzene rings is 1. The number of amides is 2. The van der Waals surface area contributed by atoms with Crippen LogP contribution in [-0.2, 0) is 16.1 Å². The molecule has 0 unspecified atom stereocenters. The predicted octanol–water partition coefficient (Wildman–Crippen LogP) is 3.62. The summed E-state index contributed by atoms with van der Waals surface area (Å²) in [6, 6.07) is 10.5. The van der Waals surface area contributed by atoms with Crippen molar-refractivity contribution in [2.45, 2.75) is 70.6 Å². The molecule has 0 radical (unpaired) electrons. The fourth-order valence-electron chi connectivity index (χ4n) is 4.46. The van der Waals surface area contributed by atoms with Gasteiger partial charge >= 0.3 is 0 Å². The van der Waals surface area contributed by atoms with Crippen molar-refractivity contribution in [3.05, 3.63) is 41.6 Å². The van der Waals surface area contributed by atoms with Crippen LogP contribution in [0.5, 0.6) is 0 Å². The first-order valence-electron chi connectivity index (χ1n) is 10.8. The number of hydrogen-bond acceptors (Lipinski definition) is 3. The van der Waals surface area contributed by atoms with Gasteiger partial charge in [0, 0.05) is 40.8 Å². The second kappa shape index (κ2) is 8.35. The number of likely N-dealkylation sites (tertiary alicyclic amines) is 1. The highest BCUT2D eigenvalue weighted by atomic mass is 16.2. The van der Waals surface area contributed by atoms with E-state index in [9.17, 15) is 14.9 Å². The molecule has 2 atom stereocenters. The van der Waals surface area contributed by atoms with Gasteiger partial charge in [0.05, 0.1) is 0 Å². The van der Waals surface area contributed by atoms with Crippen molar-refractivity contribution in [2.24, 2.45) is 0 Å². The van der Waals surface area contributed by atoms with Gasteiger partial charge in [0.25, 0.3) is 5.91 Å². The number of carbonyl (C=O) groups excluding carboxylic acids is 2. The lowest BCUT2D eigenvalue weighted by Crippen LogP contribution is -2.48. The first kappa shape index (κ1) is 20.2. The summed E-state index contributed by atoms with van der Waals surface area (Å²) in [7, 11) is 0. The highest BCUT2D eigenvalue weighted by molar-refractivity contribution is 6.04. The smallest absolute Gasteiger partial charge is 0.262 e. The van der Waals surface area contributed by atoms with Crippen molar-refractivity contribution >= 4 is 28.8 Å². The average molecular weight is 405 g/mol. The van der Waals surface area contributed by atoms with Crippen LogP contribution in [0, 0.1) is 11.3 Å². The Bertz CT molecular complexity index is 1030. The Morgan fingerprint density at radius 1 is 1.17 bits per heavy atom. The van der Waals surface area contributed by atoms with E-state index in [1.165, 1.54) is 0 Å². The third-order valence-electron chi connectivity index (χ3n) is 6.18. The second-order valence-corrected chi connectivity index (χ2v) is 8.58. The Morgan fingerprint density at radius 2 is 1.87 bits per heavy atom. The Morgan fingerprint density at radius 3 is 2.53 bits per heavy atom. The van der Waals surface area contributed by atoms with Crippen molar-refractivity contribution in [2.75, 3.05) is 0 Å². The molecule has 0 bridgehead atoms. The third kappa shape index (κ3) is 4.11. The molecule has 1 aliphatic carbocycles. The average Bonchev–Trinajstić information content (AvgIpc) is 3.47. The van der Waals surface area contributed by atoms with Gasteiger partial charge in [-0.15, -0.1) is 0 Å². The van der Waals surface area contributed by atoms with Crippen molar-refractivity contribution in [1.29, 1.82) is 5.26 Å². The predicted molar refractivity (Wildman–Crippen MR) is 116 cm³/mol. The maximum Gasteiger partial charge on any atom is 0.262 e. The van der Waals surface area contributed by atoms with E-state index in [0.29, 0.717) is 0 Å². The van der Waals surface area contributed by atoms with Crippen molar-refractivity contribution in [1.82, 2.24) is 14.8 Å². The molecule has 2 fully saturated rings. The highest BCUT2D eigenvalue weighted by Gasteiger charge is 2.29. The van der Waals surface area contributed by atoms with Crippen LogP contribution < -0.4 is 5.32 Å². The lowest BCUT2D eigenvalue weighted by molar-refractivity contribution is -0.137. The molecule has 1 saturated heterocycles. The number of nitriles is 1. The number of rotatable bonds is 5. The molecule has 1 aliphatic heterocycles. The Kier molecular flexibility index (Phi) is 5.63. The minimum atomic E-state index is -0.330. The lowest BCUT2D eigenvalue weighted by Gasteiger charge is -2.39. The highest BCUT2D eigenvalue weighted by Crippen LogP contribution is 2.27. The maximum atomic E-state index is 13.1. The molecule has 1 N–H and O–H groups in total. The molecular formula is C24H28N4O2. The van der Waals surface area contributed by atoms with Gasteiger partial charge in [0.1, 0.15) is 18.2 Å². The van der Waals surface area contributed by atoms with Gasteiger partial charge in [-0.25, -0.2) is 0 Å². The number of para-hydroxylation sites is 1. The number of fused-ring (bicyclic) bond motifs is 1. The quantitative estimate of drug-likeness (QED) is 0.611. The minimum Gasteiger partial charge on any atom is -0.349 e. The van der Waals surface area contributed by atoms with E-state index in [0.717, 1.165) is 48.6 Å². The minimum absolute atomic E-state index is 0.0920. The molecule has 2 aliphatic rings. The van der Waals surface area contributed by atoms with E-state index in [4.69, 9.17) is 0 Å². The fourth-order valence-corrected chi connectivity index (χ4v) is 4.46. The summed E-state index contributed by atoms with van der Waals surface area (Å²) in [5.74, 6) is -0.221. The third-order valence-corrected chi connectivity index (χ3v) is 6.18. The normalized spacial score (nSPS) is 22.0. The number of piperidine rings is 1. The summed E-state index contributed by atoms with van der Waals surface area (Å²) in [5.41, 5.74) is 1.80. The van der Waals surface area contributed by atoms with Crippen molar-refractivity contribution < 1.29 is 9.59 Å². The van der Waals surface area contributed by atoms with Crippen LogP contribution in [0.4, 0.5) is 0 Å². The summed E-state index contributed by atoms with van der Waals surface area (Å²) in [6.07, 6.45) is 8.69. The molecule has 2 heterocycles. The van der Waals surface area contributed by atoms with Gasteiger partial charge in [0.15, 0.2) is 0 Å². The van der Waals surface area contributed by atoms with Crippen molar-refractivity contribution in [3.8, 4) is 6.07 Å². The molecule has 1 saturated carbocycles. The molecule has 2 amide bonds. The molecule has 2 aromatic rings. The standard InChI is InChI=1S/C24H28N4O2/c1-16-6-5-7-17(2)28(16)23(29)15-27-14-19(21-8-3-4-9-22(21)27)12-18(13-25)24(30)26-20-10-11-20/h3-4,8-9,12,14,16-17,20H,5-7,10-11,15H2,1-2H3,(H,26,30)/b18-12+/t16-,17-/m0/s1. The van der Waals surface area contributed by atoms with E-state index in [2.05, 4.69) is 19.2 Å². The Hall–Kier alpha value is -3.07. The van der Waals surface area contributed by atoms with Gasteiger partial charge < -0.3 is 14.8 Å². The van der Waals surface area contributed by atoms with Crippen LogP contribution in [0.2, 0.25) is 0 Å². The molecule has 1 aromatic heterocycles. The first-order chi connectivity index (χ1) is 14.5. The van der Waals surface area contributed by atoms with E-state index >= 15 is 0 Å². The fraction of sp³-hybridized carbons (Fsp3) is 0.458. The number of carbonyl (C=O) groups is 2. The number of hydrogen-bond donors (Lipinski definition) is 1. The van der Waals surface area contributed by atoms with Gasteiger partial charge in [-0.3, -0.25) is 9.59 Å². The summed E-state index contributed by atoms with van der Waals surface area (Å²) >= 11 is 0. The lowest BCUT2D eigenvalue weighted by atomic mass is 9.97. The monoisotopic (exact) mass is 404 g/mol. The largest absolute Gasteiger partial charge is 0.349 e. The van der Waals surface area contributed by atoms with Crippen LogP contribution in [0.25, 0.3) is 17.0 Å². The van der Waals surface area contributed by atoms with E-state index < -0.39 is 0 Å². The van der Waals surface area contributed by atoms with Crippen LogP contribution in [0.1, 0.15) is 51.5 Å². The Balaban J connectivity index is 1.63. The van der Waals surface area contributed by atoms with Gasteiger partial charge in [-0.05, 0) is 58.1 Å². The van der Waals surface area contributed by atoms with Gasteiger partial charge in [0.2, 0.25) is 5.91 Å². The van der Waals surface area contributed by atoms with Gasteiger partial charge in [-0.1, -0.05) is 18.2 Å². The molecule has 30 heavy (non-hydrogen) atoms. The van der Waals surface area contributed by atoms with Crippen LogP contribution in [-0.4, -0.2) is 39.4 Å². The summed E-state index contributed by atoms with van der Waals surface area (Å²) in [4.78, 5) is 27.5. The molecule has 6 heteroatoms. The van der Waals surface area contributed by atoms with Crippen LogP contribution >= 0.6 is 0 Å². The molecule has 156 valence electrons. The number of aromatic nitrogens is 1. The zero-order valence-electron chi connectivity index (χ0n) is 17.6. The zero-order chi connectivity index (χ0) is 21.3. The van der Waals surface area contributed by atoms with Crippen LogP contribution in [0.3, 0.4) is 0 Å². The molecule has 1 aromatic carbocycles. The Labute approximate surface area is 177 Å². The SMILES string of the molecule is C[C@H]1CCC[C@H](C)N1C(=O)Cn1cc(/C=C(\C#N)C(=O)NC2CC2)c2ccccc21. The maximum absolute atomic E-state index is 13.1. The van der Waals surface area contributed by atoms with E-state index in [1.54, 1.807) is 6.08 Å². The topological polar surface area (TPSA) is 78.1 Å². The summed E-state index contributed by atoms with van der Waals surface area (Å²) in [5, 5.41) is 13.3. The summed E-state index contributed by atoms with van der Waals surface area (Å²) < 4.78 is 1.94. The van der Waals surface area contributed by atoms with E-state index in [-0.39, 0.29) is 42.1 Å². The van der Waals surface area contributed by atoms with E-state index in [1.807, 2.05) is 46.0 Å². The van der Waals surface area contributed by atoms with Crippen LogP contribution in [0.15, 0.2) is 36.0 Å². The number of nitrogens with one attached hydrogen (secondary N) is 1.